The van der Waals surface area contributed by atoms with Crippen LogP contribution >= 0.6 is 0 Å². The van der Waals surface area contributed by atoms with Gasteiger partial charge in [-0.05, 0) is 20.3 Å². The highest BCUT2D eigenvalue weighted by Crippen LogP contribution is 2.21. The number of aromatic nitrogens is 2. The van der Waals surface area contributed by atoms with Crippen LogP contribution in [0.5, 0.6) is 0 Å². The number of hydrogen-bond donors (Lipinski definition) is 2. The summed E-state index contributed by atoms with van der Waals surface area (Å²) in [5, 5.41) is 6.30. The molecule has 1 amide bonds. The lowest BCUT2D eigenvalue weighted by atomic mass is 10.1. The summed E-state index contributed by atoms with van der Waals surface area (Å²) in [5.74, 6) is 1.32. The number of anilines is 1. The Morgan fingerprint density at radius 3 is 2.91 bits per heavy atom. The van der Waals surface area contributed by atoms with Gasteiger partial charge in [0.2, 0.25) is 0 Å². The summed E-state index contributed by atoms with van der Waals surface area (Å²) in [5.41, 5.74) is 1.45. The minimum atomic E-state index is -0.101. The average Bonchev–Trinajstić information content (AvgIpc) is 2.49. The van der Waals surface area contributed by atoms with E-state index in [9.17, 15) is 4.79 Å². The van der Waals surface area contributed by atoms with Crippen LogP contribution < -0.4 is 10.6 Å². The molecular weight excluding hydrogens is 282 g/mol. The van der Waals surface area contributed by atoms with Gasteiger partial charge in [-0.25, -0.2) is 9.97 Å². The molecule has 0 spiro atoms. The molecular formula is C15H23N5O2. The van der Waals surface area contributed by atoms with Gasteiger partial charge in [-0.2, -0.15) is 0 Å². The zero-order chi connectivity index (χ0) is 15.5. The van der Waals surface area contributed by atoms with E-state index in [1.54, 1.807) is 0 Å². The summed E-state index contributed by atoms with van der Waals surface area (Å²) in [7, 11) is 0. The number of ether oxygens (including phenoxy) is 1. The summed E-state index contributed by atoms with van der Waals surface area (Å²) in [6, 6.07) is 0.251. The van der Waals surface area contributed by atoms with Gasteiger partial charge in [-0.15, -0.1) is 0 Å². The van der Waals surface area contributed by atoms with Gasteiger partial charge in [0, 0.05) is 37.8 Å². The van der Waals surface area contributed by atoms with E-state index in [0.29, 0.717) is 18.1 Å². The Morgan fingerprint density at radius 2 is 2.14 bits per heavy atom. The largest absolute Gasteiger partial charge is 0.379 e. The molecule has 1 aromatic heterocycles. The summed E-state index contributed by atoms with van der Waals surface area (Å²) in [4.78, 5) is 23.1. The van der Waals surface area contributed by atoms with Crippen molar-refractivity contribution in [1.82, 2.24) is 20.2 Å². The number of morpholine rings is 1. The van der Waals surface area contributed by atoms with Crippen molar-refractivity contribution in [3.05, 3.63) is 17.1 Å². The van der Waals surface area contributed by atoms with Crippen molar-refractivity contribution in [2.45, 2.75) is 26.3 Å². The Labute approximate surface area is 130 Å². The van der Waals surface area contributed by atoms with Crippen molar-refractivity contribution < 1.29 is 9.53 Å². The number of carbonyl (C=O) groups is 1. The molecule has 0 aliphatic carbocycles. The Balaban J connectivity index is 1.72. The van der Waals surface area contributed by atoms with Crippen LogP contribution in [0.15, 0.2) is 0 Å². The summed E-state index contributed by atoms with van der Waals surface area (Å²) in [6.07, 6.45) is 0.772. The fourth-order valence-electron chi connectivity index (χ4n) is 2.97. The predicted molar refractivity (Wildman–Crippen MR) is 83.1 cm³/mol. The van der Waals surface area contributed by atoms with E-state index in [1.165, 1.54) is 0 Å². The van der Waals surface area contributed by atoms with Crippen molar-refractivity contribution in [3.8, 4) is 0 Å². The summed E-state index contributed by atoms with van der Waals surface area (Å²) in [6.45, 7) is 9.08. The van der Waals surface area contributed by atoms with Crippen LogP contribution in [0.1, 0.15) is 28.8 Å². The van der Waals surface area contributed by atoms with E-state index >= 15 is 0 Å². The molecule has 0 bridgehead atoms. The second-order valence-electron chi connectivity index (χ2n) is 5.91. The zero-order valence-electron chi connectivity index (χ0n) is 13.2. The Kier molecular flexibility index (Phi) is 4.54. The number of carbonyl (C=O) groups excluding carboxylic acids is 1. The summed E-state index contributed by atoms with van der Waals surface area (Å²) < 4.78 is 5.37. The van der Waals surface area contributed by atoms with Gasteiger partial charge in [0.25, 0.3) is 5.91 Å². The Bertz CT molecular complexity index is 557. The van der Waals surface area contributed by atoms with Gasteiger partial charge < -0.3 is 15.4 Å². The second kappa shape index (κ2) is 6.58. The molecule has 1 unspecified atom stereocenters. The quantitative estimate of drug-likeness (QED) is 0.827. The molecule has 0 saturated carbocycles. The first-order valence-electron chi connectivity index (χ1n) is 7.86. The molecule has 2 aliphatic heterocycles. The zero-order valence-corrected chi connectivity index (χ0v) is 13.2. The van der Waals surface area contributed by atoms with Gasteiger partial charge in [0.05, 0.1) is 13.2 Å². The molecule has 3 heterocycles. The van der Waals surface area contributed by atoms with Crippen LogP contribution in [0, 0.1) is 6.92 Å². The highest BCUT2D eigenvalue weighted by Gasteiger charge is 2.24. The smallest absolute Gasteiger partial charge is 0.270 e. The number of hydrogen-bond acceptors (Lipinski definition) is 6. The second-order valence-corrected chi connectivity index (χ2v) is 5.91. The lowest BCUT2D eigenvalue weighted by molar-refractivity contribution is 0.0368. The van der Waals surface area contributed by atoms with E-state index in [1.807, 2.05) is 6.92 Å². The molecule has 1 aromatic rings. The molecule has 2 aliphatic rings. The first-order valence-corrected chi connectivity index (χ1v) is 7.86. The number of rotatable bonds is 4. The maximum absolute atomic E-state index is 11.9. The van der Waals surface area contributed by atoms with Crippen LogP contribution in [-0.4, -0.2) is 66.2 Å². The molecule has 1 fully saturated rings. The van der Waals surface area contributed by atoms with Crippen molar-refractivity contribution in [2.24, 2.45) is 0 Å². The monoisotopic (exact) mass is 305 g/mol. The van der Waals surface area contributed by atoms with Crippen LogP contribution in [0.2, 0.25) is 0 Å². The first-order chi connectivity index (χ1) is 10.6. The Hall–Kier alpha value is -1.73. The fourth-order valence-corrected chi connectivity index (χ4v) is 2.97. The molecule has 120 valence electrons. The standard InChI is InChI=1S/C15H23N5O2/c1-10(9-20-5-7-22-8-6-20)17-14-12-3-4-16-15(21)13(12)18-11(2)19-14/h10H,3-9H2,1-2H3,(H,16,21)(H,17,18,19). The topological polar surface area (TPSA) is 79.4 Å². The van der Waals surface area contributed by atoms with Crippen LogP contribution in [-0.2, 0) is 11.2 Å². The first kappa shape index (κ1) is 15.2. The lowest BCUT2D eigenvalue weighted by Gasteiger charge is -2.30. The van der Waals surface area contributed by atoms with Crippen LogP contribution in [0.4, 0.5) is 5.82 Å². The molecule has 7 heteroatoms. The maximum Gasteiger partial charge on any atom is 0.270 e. The Morgan fingerprint density at radius 1 is 1.36 bits per heavy atom. The van der Waals surface area contributed by atoms with Gasteiger partial charge in [0.15, 0.2) is 0 Å². The highest BCUT2D eigenvalue weighted by molar-refractivity contribution is 5.95. The van der Waals surface area contributed by atoms with Gasteiger partial charge >= 0.3 is 0 Å². The predicted octanol–water partition coefficient (Wildman–Crippen LogP) is 0.204. The maximum atomic E-state index is 11.9. The highest BCUT2D eigenvalue weighted by atomic mass is 16.5. The molecule has 7 nitrogen and oxygen atoms in total. The third-order valence-corrected chi connectivity index (χ3v) is 4.01. The number of nitrogens with zero attached hydrogens (tertiary/aromatic N) is 3. The molecule has 1 saturated heterocycles. The molecule has 3 rings (SSSR count). The summed E-state index contributed by atoms with van der Waals surface area (Å²) >= 11 is 0. The van der Waals surface area contributed by atoms with Gasteiger partial charge in [-0.1, -0.05) is 0 Å². The van der Waals surface area contributed by atoms with Crippen molar-refractivity contribution in [1.29, 1.82) is 0 Å². The van der Waals surface area contributed by atoms with Crippen LogP contribution in [0.25, 0.3) is 0 Å². The minimum absolute atomic E-state index is 0.101. The average molecular weight is 305 g/mol. The number of aryl methyl sites for hydroxylation is 1. The molecule has 1 atom stereocenters. The van der Waals surface area contributed by atoms with Crippen molar-refractivity contribution in [3.63, 3.8) is 0 Å². The van der Waals surface area contributed by atoms with E-state index in [2.05, 4.69) is 32.4 Å². The van der Waals surface area contributed by atoms with E-state index in [0.717, 1.165) is 50.7 Å². The van der Waals surface area contributed by atoms with Crippen LogP contribution in [0.3, 0.4) is 0 Å². The molecule has 0 aromatic carbocycles. The van der Waals surface area contributed by atoms with Gasteiger partial charge in [-0.3, -0.25) is 9.69 Å². The third kappa shape index (κ3) is 3.36. The molecule has 22 heavy (non-hydrogen) atoms. The molecule has 0 radical (unpaired) electrons. The number of fused-ring (bicyclic) bond motifs is 1. The van der Waals surface area contributed by atoms with E-state index < -0.39 is 0 Å². The fraction of sp³-hybridized carbons (Fsp3) is 0.667. The number of amides is 1. The van der Waals surface area contributed by atoms with E-state index in [-0.39, 0.29) is 11.9 Å². The number of nitrogens with one attached hydrogen (secondary N) is 2. The SMILES string of the molecule is Cc1nc(NC(C)CN2CCOCC2)c2c(n1)C(=O)NCC2. The lowest BCUT2D eigenvalue weighted by Crippen LogP contribution is -2.42. The molecule has 2 N–H and O–H groups in total. The normalized spacial score (nSPS) is 20.2. The van der Waals surface area contributed by atoms with Crippen molar-refractivity contribution in [2.75, 3.05) is 44.7 Å². The van der Waals surface area contributed by atoms with Gasteiger partial charge in [0.1, 0.15) is 17.3 Å². The van der Waals surface area contributed by atoms with E-state index in [4.69, 9.17) is 4.74 Å². The third-order valence-electron chi connectivity index (χ3n) is 4.01. The van der Waals surface area contributed by atoms with Crippen molar-refractivity contribution >= 4 is 11.7 Å². The minimum Gasteiger partial charge on any atom is -0.379 e.